The number of nitrogens with one attached hydrogen (secondary N) is 1. The highest BCUT2D eigenvalue weighted by atomic mass is 19.2. The van der Waals surface area contributed by atoms with Crippen LogP contribution in [0.15, 0.2) is 36.4 Å². The summed E-state index contributed by atoms with van der Waals surface area (Å²) in [5.74, 6) is -3.41. The number of carbonyl (C=O) groups is 3. The third-order valence-electron chi connectivity index (χ3n) is 3.48. The van der Waals surface area contributed by atoms with Gasteiger partial charge in [-0.15, -0.1) is 0 Å². The number of hydrogen-bond acceptors (Lipinski definition) is 6. The predicted molar refractivity (Wildman–Crippen MR) is 94.4 cm³/mol. The Bertz CT molecular complexity index is 900. The maximum Gasteiger partial charge on any atom is 0.344 e. The molecular formula is C19H17F2NO6. The Balaban J connectivity index is 1.83. The first-order chi connectivity index (χ1) is 13.3. The highest BCUT2D eigenvalue weighted by Crippen LogP contribution is 2.28. The first-order valence-corrected chi connectivity index (χ1v) is 8.02. The topological polar surface area (TPSA) is 90.9 Å². The van der Waals surface area contributed by atoms with E-state index in [0.717, 1.165) is 18.2 Å². The zero-order chi connectivity index (χ0) is 20.7. The molecule has 0 aliphatic carbocycles. The van der Waals surface area contributed by atoms with Gasteiger partial charge in [0.2, 0.25) is 0 Å². The van der Waals surface area contributed by atoms with Crippen molar-refractivity contribution < 1.29 is 37.4 Å². The molecule has 0 spiro atoms. The van der Waals surface area contributed by atoms with Crippen molar-refractivity contribution in [1.82, 2.24) is 0 Å². The van der Waals surface area contributed by atoms with E-state index in [4.69, 9.17) is 14.2 Å². The van der Waals surface area contributed by atoms with E-state index in [2.05, 4.69) is 5.32 Å². The van der Waals surface area contributed by atoms with E-state index >= 15 is 0 Å². The van der Waals surface area contributed by atoms with Crippen LogP contribution in [0.1, 0.15) is 17.3 Å². The van der Waals surface area contributed by atoms with Gasteiger partial charge in [0, 0.05) is 17.3 Å². The van der Waals surface area contributed by atoms with Gasteiger partial charge in [0.25, 0.3) is 5.91 Å². The molecule has 7 nitrogen and oxygen atoms in total. The minimum atomic E-state index is -1.12. The maximum atomic E-state index is 13.1. The Hall–Kier alpha value is -3.49. The second-order valence-corrected chi connectivity index (χ2v) is 5.55. The monoisotopic (exact) mass is 393 g/mol. The molecule has 0 radical (unpaired) electrons. The van der Waals surface area contributed by atoms with Gasteiger partial charge in [-0.25, -0.2) is 13.6 Å². The van der Waals surface area contributed by atoms with E-state index in [0.29, 0.717) is 5.56 Å². The lowest BCUT2D eigenvalue weighted by Gasteiger charge is -2.11. The molecular weight excluding hydrogens is 376 g/mol. The number of methoxy groups -OCH3 is 1. The van der Waals surface area contributed by atoms with Crippen LogP contribution in [0.2, 0.25) is 0 Å². The third kappa shape index (κ3) is 5.76. The van der Waals surface area contributed by atoms with Crippen molar-refractivity contribution in [3.63, 3.8) is 0 Å². The number of ketones is 1. The normalized spacial score (nSPS) is 10.1. The number of rotatable bonds is 8. The summed E-state index contributed by atoms with van der Waals surface area (Å²) in [4.78, 5) is 34.8. The molecule has 2 aromatic carbocycles. The van der Waals surface area contributed by atoms with Gasteiger partial charge in [-0.05, 0) is 37.3 Å². The Morgan fingerprint density at radius 2 is 1.71 bits per heavy atom. The lowest BCUT2D eigenvalue weighted by Crippen LogP contribution is -2.23. The molecule has 0 heterocycles. The zero-order valence-corrected chi connectivity index (χ0v) is 15.1. The number of Topliss-reactive ketones (excluding diaryl/α,β-unsaturated/α-hetero) is 1. The highest BCUT2D eigenvalue weighted by molar-refractivity contribution is 5.94. The zero-order valence-electron chi connectivity index (χ0n) is 15.1. The fourth-order valence-corrected chi connectivity index (χ4v) is 2.10. The van der Waals surface area contributed by atoms with Crippen LogP contribution in [0, 0.1) is 11.6 Å². The molecule has 0 aliphatic rings. The molecule has 1 N–H and O–H groups in total. The van der Waals surface area contributed by atoms with Crippen molar-refractivity contribution in [3.05, 3.63) is 53.6 Å². The molecule has 28 heavy (non-hydrogen) atoms. The summed E-state index contributed by atoms with van der Waals surface area (Å²) < 4.78 is 41.0. The van der Waals surface area contributed by atoms with Gasteiger partial charge in [-0.3, -0.25) is 9.59 Å². The molecule has 148 valence electrons. The largest absolute Gasteiger partial charge is 0.493 e. The van der Waals surface area contributed by atoms with Crippen molar-refractivity contribution in [2.24, 2.45) is 0 Å². The van der Waals surface area contributed by atoms with E-state index in [-0.39, 0.29) is 23.0 Å². The Labute approximate surface area is 159 Å². The molecule has 0 saturated heterocycles. The molecule has 0 aromatic heterocycles. The number of ether oxygens (including phenoxy) is 3. The van der Waals surface area contributed by atoms with E-state index in [9.17, 15) is 23.2 Å². The van der Waals surface area contributed by atoms with Crippen molar-refractivity contribution in [1.29, 1.82) is 0 Å². The highest BCUT2D eigenvalue weighted by Gasteiger charge is 2.13. The number of esters is 1. The summed E-state index contributed by atoms with van der Waals surface area (Å²) in [6, 6.07) is 7.28. The minimum absolute atomic E-state index is 0.0199. The van der Waals surface area contributed by atoms with Crippen LogP contribution < -0.4 is 14.8 Å². The standard InChI is InChI=1S/C19H17F2NO6/c1-11(23)12-3-6-16(17(7-12)26-2)27-10-19(25)28-9-18(24)22-13-4-5-14(20)15(21)8-13/h3-8H,9-10H2,1-2H3,(H,22,24). The van der Waals surface area contributed by atoms with Gasteiger partial charge < -0.3 is 19.5 Å². The molecule has 0 saturated carbocycles. The second-order valence-electron chi connectivity index (χ2n) is 5.55. The number of anilines is 1. The molecule has 2 rings (SSSR count). The number of amides is 1. The van der Waals surface area contributed by atoms with E-state index in [1.165, 1.54) is 32.2 Å². The van der Waals surface area contributed by atoms with Crippen molar-refractivity contribution in [2.45, 2.75) is 6.92 Å². The SMILES string of the molecule is COc1cc(C(C)=O)ccc1OCC(=O)OCC(=O)Nc1ccc(F)c(F)c1. The maximum absolute atomic E-state index is 13.1. The molecule has 0 bridgehead atoms. The van der Waals surface area contributed by atoms with Crippen molar-refractivity contribution in [2.75, 3.05) is 25.6 Å². The Kier molecular flexibility index (Phi) is 7.02. The van der Waals surface area contributed by atoms with Gasteiger partial charge in [0.15, 0.2) is 42.1 Å². The summed E-state index contributed by atoms with van der Waals surface area (Å²) in [6.45, 7) is 0.258. The van der Waals surface area contributed by atoms with Crippen LogP contribution in [0.3, 0.4) is 0 Å². The lowest BCUT2D eigenvalue weighted by atomic mass is 10.1. The van der Waals surface area contributed by atoms with E-state index in [1.807, 2.05) is 0 Å². The summed E-state index contributed by atoms with van der Waals surface area (Å²) in [6.07, 6.45) is 0. The van der Waals surface area contributed by atoms with Crippen molar-refractivity contribution >= 4 is 23.3 Å². The van der Waals surface area contributed by atoms with Crippen LogP contribution >= 0.6 is 0 Å². The number of hydrogen-bond donors (Lipinski definition) is 1. The summed E-state index contributed by atoms with van der Waals surface area (Å²) >= 11 is 0. The average Bonchev–Trinajstić information content (AvgIpc) is 2.67. The van der Waals surface area contributed by atoms with Gasteiger partial charge in [0.1, 0.15) is 0 Å². The molecule has 2 aromatic rings. The fourth-order valence-electron chi connectivity index (χ4n) is 2.10. The molecule has 0 aliphatic heterocycles. The Morgan fingerprint density at radius 3 is 2.36 bits per heavy atom. The van der Waals surface area contributed by atoms with Crippen molar-refractivity contribution in [3.8, 4) is 11.5 Å². The number of halogens is 2. The van der Waals surface area contributed by atoms with Crippen LogP contribution in [0.25, 0.3) is 0 Å². The molecule has 1 amide bonds. The first kappa shape index (κ1) is 20.8. The van der Waals surface area contributed by atoms with E-state index in [1.54, 1.807) is 0 Å². The average molecular weight is 393 g/mol. The molecule has 0 fully saturated rings. The summed E-state index contributed by atoms with van der Waals surface area (Å²) in [7, 11) is 1.38. The van der Waals surface area contributed by atoms with E-state index < -0.39 is 36.7 Å². The smallest absolute Gasteiger partial charge is 0.344 e. The lowest BCUT2D eigenvalue weighted by molar-refractivity contribution is -0.149. The fraction of sp³-hybridized carbons (Fsp3) is 0.211. The first-order valence-electron chi connectivity index (χ1n) is 8.02. The van der Waals surface area contributed by atoms with Crippen LogP contribution in [-0.2, 0) is 14.3 Å². The number of benzene rings is 2. The quantitative estimate of drug-likeness (QED) is 0.548. The van der Waals surface area contributed by atoms with Crippen LogP contribution in [-0.4, -0.2) is 38.0 Å². The molecule has 0 unspecified atom stereocenters. The predicted octanol–water partition coefficient (Wildman–Crippen LogP) is 2.74. The van der Waals surface area contributed by atoms with Gasteiger partial charge in [-0.2, -0.15) is 0 Å². The van der Waals surface area contributed by atoms with Gasteiger partial charge in [-0.1, -0.05) is 0 Å². The van der Waals surface area contributed by atoms with Crippen LogP contribution in [0.5, 0.6) is 11.5 Å². The minimum Gasteiger partial charge on any atom is -0.493 e. The summed E-state index contributed by atoms with van der Waals surface area (Å²) in [5.41, 5.74) is 0.437. The Morgan fingerprint density at radius 1 is 0.964 bits per heavy atom. The molecule has 9 heteroatoms. The molecule has 0 atom stereocenters. The number of carbonyl (C=O) groups excluding carboxylic acids is 3. The van der Waals surface area contributed by atoms with Gasteiger partial charge >= 0.3 is 5.97 Å². The van der Waals surface area contributed by atoms with Gasteiger partial charge in [0.05, 0.1) is 7.11 Å². The summed E-state index contributed by atoms with van der Waals surface area (Å²) in [5, 5.41) is 2.26. The van der Waals surface area contributed by atoms with Crippen LogP contribution in [0.4, 0.5) is 14.5 Å². The second kappa shape index (κ2) is 9.45. The third-order valence-corrected chi connectivity index (χ3v) is 3.48.